The predicted octanol–water partition coefficient (Wildman–Crippen LogP) is 1.67. The molecule has 0 saturated heterocycles. The molecule has 1 rings (SSSR count). The van der Waals surface area contributed by atoms with Gasteiger partial charge in [0.1, 0.15) is 0 Å². The lowest BCUT2D eigenvalue weighted by Crippen LogP contribution is -2.47. The average Bonchev–Trinajstić information content (AvgIpc) is 2.28. The van der Waals surface area contributed by atoms with Crippen LogP contribution in [0.1, 0.15) is 17.3 Å². The molecule has 1 aromatic rings. The van der Waals surface area contributed by atoms with Crippen molar-refractivity contribution in [1.82, 2.24) is 5.32 Å². The van der Waals surface area contributed by atoms with Crippen molar-refractivity contribution in [3.63, 3.8) is 0 Å². The molecule has 2 unspecified atom stereocenters. The third-order valence-corrected chi connectivity index (χ3v) is 3.45. The summed E-state index contributed by atoms with van der Waals surface area (Å²) in [6, 6.07) is 3.11. The second-order valence-electron chi connectivity index (χ2n) is 3.66. The highest BCUT2D eigenvalue weighted by Crippen LogP contribution is 2.23. The maximum atomic E-state index is 11.8. The standard InChI is InChI=1S/C11H11BrClNO4/c1-5(15)9(11(17)18)14-10(16)6-2-3-7(12)8(13)4-6/h2-5,9,15H,1H3,(H,14,16)(H,17,18). The van der Waals surface area contributed by atoms with Crippen molar-refractivity contribution in [1.29, 1.82) is 0 Å². The Morgan fingerprint density at radius 3 is 2.50 bits per heavy atom. The molecule has 2 atom stereocenters. The van der Waals surface area contributed by atoms with E-state index >= 15 is 0 Å². The van der Waals surface area contributed by atoms with E-state index in [1.807, 2.05) is 0 Å². The number of aliphatic hydroxyl groups excluding tert-OH is 1. The fourth-order valence-electron chi connectivity index (χ4n) is 1.25. The summed E-state index contributed by atoms with van der Waals surface area (Å²) in [7, 11) is 0. The number of rotatable bonds is 4. The molecule has 0 fully saturated rings. The molecule has 18 heavy (non-hydrogen) atoms. The average molecular weight is 337 g/mol. The van der Waals surface area contributed by atoms with E-state index in [1.54, 1.807) is 6.07 Å². The van der Waals surface area contributed by atoms with Crippen molar-refractivity contribution in [2.75, 3.05) is 0 Å². The number of carboxylic acids is 1. The van der Waals surface area contributed by atoms with E-state index in [1.165, 1.54) is 19.1 Å². The van der Waals surface area contributed by atoms with Crippen molar-refractivity contribution >= 4 is 39.4 Å². The molecule has 1 amide bonds. The molecule has 0 heterocycles. The number of carboxylic acid groups (broad SMARTS) is 1. The second kappa shape index (κ2) is 6.17. The molecule has 7 heteroatoms. The number of amides is 1. The molecule has 1 aromatic carbocycles. The van der Waals surface area contributed by atoms with Crippen LogP contribution in [0.15, 0.2) is 22.7 Å². The van der Waals surface area contributed by atoms with Crippen molar-refractivity contribution in [3.05, 3.63) is 33.3 Å². The van der Waals surface area contributed by atoms with Crippen LogP contribution in [0.2, 0.25) is 5.02 Å². The first-order chi connectivity index (χ1) is 8.32. The van der Waals surface area contributed by atoms with Gasteiger partial charge in [0, 0.05) is 10.0 Å². The summed E-state index contributed by atoms with van der Waals surface area (Å²) in [6.45, 7) is 1.29. The number of aliphatic carboxylic acids is 1. The summed E-state index contributed by atoms with van der Waals surface area (Å²) in [5, 5.41) is 20.6. The molecule has 0 radical (unpaired) electrons. The van der Waals surface area contributed by atoms with E-state index < -0.39 is 24.0 Å². The molecule has 0 bridgehead atoms. The molecule has 0 aromatic heterocycles. The Morgan fingerprint density at radius 1 is 1.44 bits per heavy atom. The van der Waals surface area contributed by atoms with Crippen LogP contribution >= 0.6 is 27.5 Å². The lowest BCUT2D eigenvalue weighted by atomic mass is 10.1. The quantitative estimate of drug-likeness (QED) is 0.780. The number of nitrogens with one attached hydrogen (secondary N) is 1. The normalized spacial score (nSPS) is 13.8. The van der Waals surface area contributed by atoms with Gasteiger partial charge in [-0.2, -0.15) is 0 Å². The van der Waals surface area contributed by atoms with Crippen LogP contribution < -0.4 is 5.32 Å². The van der Waals surface area contributed by atoms with Crippen LogP contribution in [0.5, 0.6) is 0 Å². The minimum Gasteiger partial charge on any atom is -0.480 e. The fourth-order valence-corrected chi connectivity index (χ4v) is 1.68. The Kier molecular flexibility index (Phi) is 5.13. The Bertz CT molecular complexity index is 478. The summed E-state index contributed by atoms with van der Waals surface area (Å²) < 4.78 is 0.631. The number of carbonyl (C=O) groups excluding carboxylic acids is 1. The van der Waals surface area contributed by atoms with E-state index in [-0.39, 0.29) is 5.56 Å². The largest absolute Gasteiger partial charge is 0.480 e. The van der Waals surface area contributed by atoms with Gasteiger partial charge in [-0.15, -0.1) is 0 Å². The van der Waals surface area contributed by atoms with Gasteiger partial charge in [0.25, 0.3) is 5.91 Å². The van der Waals surface area contributed by atoms with Gasteiger partial charge in [0.05, 0.1) is 11.1 Å². The molecular weight excluding hydrogens is 325 g/mol. The Balaban J connectivity index is 2.87. The number of aliphatic hydroxyl groups is 1. The Labute approximate surface area is 117 Å². The summed E-state index contributed by atoms with van der Waals surface area (Å²) in [5.74, 6) is -1.92. The monoisotopic (exact) mass is 335 g/mol. The topological polar surface area (TPSA) is 86.6 Å². The first kappa shape index (κ1) is 14.9. The maximum absolute atomic E-state index is 11.8. The smallest absolute Gasteiger partial charge is 0.328 e. The molecule has 0 aliphatic rings. The molecule has 0 spiro atoms. The lowest BCUT2D eigenvalue weighted by molar-refractivity contribution is -0.141. The molecular formula is C11H11BrClNO4. The van der Waals surface area contributed by atoms with E-state index in [0.29, 0.717) is 9.50 Å². The number of benzene rings is 1. The number of halogens is 2. The highest BCUT2D eigenvalue weighted by molar-refractivity contribution is 9.10. The third-order valence-electron chi connectivity index (χ3n) is 2.22. The maximum Gasteiger partial charge on any atom is 0.328 e. The van der Waals surface area contributed by atoms with Gasteiger partial charge < -0.3 is 15.5 Å². The summed E-state index contributed by atoms with van der Waals surface area (Å²) in [5.41, 5.74) is 0.218. The van der Waals surface area contributed by atoms with Crippen LogP contribution in [-0.4, -0.2) is 34.2 Å². The van der Waals surface area contributed by atoms with Gasteiger partial charge in [-0.1, -0.05) is 11.6 Å². The summed E-state index contributed by atoms with van der Waals surface area (Å²) >= 11 is 9.00. The molecule has 5 nitrogen and oxygen atoms in total. The minimum atomic E-state index is -1.36. The second-order valence-corrected chi connectivity index (χ2v) is 4.92. The van der Waals surface area contributed by atoms with Crippen LogP contribution in [0.3, 0.4) is 0 Å². The number of hydrogen-bond donors (Lipinski definition) is 3. The number of carbonyl (C=O) groups is 2. The predicted molar refractivity (Wildman–Crippen MR) is 69.7 cm³/mol. The van der Waals surface area contributed by atoms with Crippen molar-refractivity contribution < 1.29 is 19.8 Å². The summed E-state index contributed by atoms with van der Waals surface area (Å²) in [6.07, 6.45) is -1.20. The molecule has 0 saturated carbocycles. The number of hydrogen-bond acceptors (Lipinski definition) is 3. The van der Waals surface area contributed by atoms with Gasteiger partial charge >= 0.3 is 5.97 Å². The third kappa shape index (κ3) is 3.69. The SMILES string of the molecule is CC(O)C(NC(=O)c1ccc(Br)c(Cl)c1)C(=O)O. The Hall–Kier alpha value is -1.11. The van der Waals surface area contributed by atoms with Gasteiger partial charge in [-0.05, 0) is 41.1 Å². The lowest BCUT2D eigenvalue weighted by Gasteiger charge is -2.17. The van der Waals surface area contributed by atoms with E-state index in [0.717, 1.165) is 0 Å². The van der Waals surface area contributed by atoms with E-state index in [9.17, 15) is 14.7 Å². The van der Waals surface area contributed by atoms with Gasteiger partial charge in [-0.3, -0.25) is 4.79 Å². The van der Waals surface area contributed by atoms with E-state index in [2.05, 4.69) is 21.2 Å². The summed E-state index contributed by atoms with van der Waals surface area (Å²) in [4.78, 5) is 22.6. The molecule has 3 N–H and O–H groups in total. The highest BCUT2D eigenvalue weighted by Gasteiger charge is 2.25. The van der Waals surface area contributed by atoms with Crippen molar-refractivity contribution in [3.8, 4) is 0 Å². The first-order valence-electron chi connectivity index (χ1n) is 4.99. The molecule has 0 aliphatic heterocycles. The zero-order chi connectivity index (χ0) is 13.9. The van der Waals surface area contributed by atoms with E-state index in [4.69, 9.17) is 16.7 Å². The van der Waals surface area contributed by atoms with Crippen LogP contribution in [-0.2, 0) is 4.79 Å². The zero-order valence-electron chi connectivity index (χ0n) is 9.35. The van der Waals surface area contributed by atoms with Gasteiger partial charge in [0.2, 0.25) is 0 Å². The van der Waals surface area contributed by atoms with Crippen LogP contribution in [0.4, 0.5) is 0 Å². The van der Waals surface area contributed by atoms with Crippen molar-refractivity contribution in [2.45, 2.75) is 19.1 Å². The van der Waals surface area contributed by atoms with Gasteiger partial charge in [-0.25, -0.2) is 4.79 Å². The van der Waals surface area contributed by atoms with Gasteiger partial charge in [0.15, 0.2) is 6.04 Å². The molecule has 98 valence electrons. The Morgan fingerprint density at radius 2 is 2.06 bits per heavy atom. The first-order valence-corrected chi connectivity index (χ1v) is 6.17. The van der Waals surface area contributed by atoms with Crippen molar-refractivity contribution in [2.24, 2.45) is 0 Å². The fraction of sp³-hybridized carbons (Fsp3) is 0.273. The zero-order valence-corrected chi connectivity index (χ0v) is 11.7. The highest BCUT2D eigenvalue weighted by atomic mass is 79.9. The molecule has 0 aliphatic carbocycles. The van der Waals surface area contributed by atoms with Crippen LogP contribution in [0.25, 0.3) is 0 Å². The van der Waals surface area contributed by atoms with Crippen LogP contribution in [0, 0.1) is 0 Å². The minimum absolute atomic E-state index is 0.218.